The normalized spacial score (nSPS) is 13.6. The van der Waals surface area contributed by atoms with Crippen molar-refractivity contribution in [1.29, 1.82) is 0 Å². The lowest BCUT2D eigenvalue weighted by atomic mass is 10.0. The number of likely N-dealkylation sites (N-methyl/N-ethyl adjacent to an activating group) is 1. The highest BCUT2D eigenvalue weighted by molar-refractivity contribution is 5.70. The molecule has 0 aliphatic carbocycles. The van der Waals surface area contributed by atoms with E-state index < -0.39 is 30.3 Å². The maximum absolute atomic E-state index is 12.8. The average Bonchev–Trinajstić information content (AvgIpc) is 3.34. The van der Waals surface area contributed by atoms with Crippen LogP contribution in [0.2, 0.25) is 0 Å². The zero-order valence-corrected chi connectivity index (χ0v) is 45.8. The maximum Gasteiger partial charge on any atom is 0.306 e. The number of unbranched alkanes of at least 4 members (excludes halogenated alkanes) is 17. The molecule has 0 rings (SSSR count). The Labute approximate surface area is 434 Å². The Bertz CT molecular complexity index is 1530. The molecule has 0 aromatic carbocycles. The summed E-state index contributed by atoms with van der Waals surface area (Å²) in [6, 6.07) is 0. The van der Waals surface area contributed by atoms with Gasteiger partial charge in [-0.25, -0.2) is 0 Å². The van der Waals surface area contributed by atoms with Crippen molar-refractivity contribution in [2.24, 2.45) is 0 Å². The fourth-order valence-electron chi connectivity index (χ4n) is 7.28. The van der Waals surface area contributed by atoms with E-state index in [4.69, 9.17) is 18.9 Å². The van der Waals surface area contributed by atoms with Crippen molar-refractivity contribution in [3.05, 3.63) is 109 Å². The molecule has 0 aliphatic heterocycles. The van der Waals surface area contributed by atoms with Gasteiger partial charge in [-0.15, -0.1) is 0 Å². The Hall–Kier alpha value is -4.05. The van der Waals surface area contributed by atoms with E-state index >= 15 is 0 Å². The molecule has 0 bridgehead atoms. The van der Waals surface area contributed by atoms with E-state index in [9.17, 15) is 19.5 Å². The SMILES string of the molecule is CC/C=C\C/C=C\C/C=C\C/C=C\C/C=C\CCCCCCCCCCCCCCCCCCCC(=O)OC(COC(=O)CC/C=C\C/C=C\C/C=C\C/C=C\CC)COC(OCC[N+](C)(C)C)C(=O)[O-]. The van der Waals surface area contributed by atoms with Crippen LogP contribution < -0.4 is 5.11 Å². The van der Waals surface area contributed by atoms with Crippen LogP contribution in [0.1, 0.15) is 206 Å². The second-order valence-corrected chi connectivity index (χ2v) is 19.5. The molecule has 2 unspecified atom stereocenters. The Morgan fingerprint density at radius 2 is 0.789 bits per heavy atom. The lowest BCUT2D eigenvalue weighted by Gasteiger charge is -2.26. The van der Waals surface area contributed by atoms with Crippen LogP contribution in [0.15, 0.2) is 109 Å². The molecule has 9 nitrogen and oxygen atoms in total. The molecular formula is C62H103NO8. The summed E-state index contributed by atoms with van der Waals surface area (Å²) in [6.45, 7) is 4.42. The predicted octanol–water partition coefficient (Wildman–Crippen LogP) is 15.0. The standard InChI is InChI=1S/C62H103NO8/c1-6-8-10-12-14-16-18-20-21-22-23-24-25-26-27-28-29-30-31-32-33-34-35-36-37-38-39-41-43-45-47-49-51-53-60(65)71-58(57-70-62(61(66)67)68-55-54-63(3,4)5)56-69-59(64)52-50-48-46-44-42-40-19-17-15-13-11-9-7-2/h8-11,14-17,20-21,23-24,26-27,40,42,46,48,58,62H,6-7,12-13,18-19,22,25,28-39,41,43-45,47,49-57H2,1-5H3/b10-8-,11-9-,16-14-,17-15-,21-20-,24-23-,27-26-,42-40-,48-46-. The van der Waals surface area contributed by atoms with Crippen LogP contribution in [-0.2, 0) is 33.3 Å². The van der Waals surface area contributed by atoms with Crippen molar-refractivity contribution in [3.63, 3.8) is 0 Å². The van der Waals surface area contributed by atoms with Crippen LogP contribution in [0, 0.1) is 0 Å². The summed E-state index contributed by atoms with van der Waals surface area (Å²) in [5, 5.41) is 11.7. The zero-order valence-electron chi connectivity index (χ0n) is 45.8. The number of carbonyl (C=O) groups is 3. The molecule has 0 aromatic heterocycles. The lowest BCUT2D eigenvalue weighted by Crippen LogP contribution is -2.44. The summed E-state index contributed by atoms with van der Waals surface area (Å²) in [5.74, 6) is -2.40. The highest BCUT2D eigenvalue weighted by atomic mass is 16.7. The van der Waals surface area contributed by atoms with Crippen molar-refractivity contribution < 1.29 is 42.9 Å². The van der Waals surface area contributed by atoms with Crippen molar-refractivity contribution in [1.82, 2.24) is 0 Å². The van der Waals surface area contributed by atoms with Gasteiger partial charge in [0.1, 0.15) is 13.2 Å². The molecule has 2 atom stereocenters. The van der Waals surface area contributed by atoms with Crippen molar-refractivity contribution in [2.45, 2.75) is 219 Å². The van der Waals surface area contributed by atoms with Gasteiger partial charge in [0.05, 0.1) is 40.3 Å². The number of esters is 2. The quantitative estimate of drug-likeness (QED) is 0.0195. The number of carboxylic acids is 1. The Balaban J connectivity index is 4.16. The van der Waals surface area contributed by atoms with E-state index in [1.807, 2.05) is 33.3 Å². The predicted molar refractivity (Wildman–Crippen MR) is 297 cm³/mol. The van der Waals surface area contributed by atoms with Crippen LogP contribution in [0.5, 0.6) is 0 Å². The number of carbonyl (C=O) groups excluding carboxylic acids is 3. The number of hydrogen-bond acceptors (Lipinski definition) is 8. The van der Waals surface area contributed by atoms with Crippen molar-refractivity contribution >= 4 is 17.9 Å². The third-order valence-corrected chi connectivity index (χ3v) is 11.5. The minimum absolute atomic E-state index is 0.133. The molecule has 0 saturated carbocycles. The maximum atomic E-state index is 12.8. The smallest absolute Gasteiger partial charge is 0.306 e. The van der Waals surface area contributed by atoms with E-state index in [1.165, 1.54) is 89.9 Å². The zero-order chi connectivity index (χ0) is 52.0. The molecule has 71 heavy (non-hydrogen) atoms. The Morgan fingerprint density at radius 1 is 0.423 bits per heavy atom. The summed E-state index contributed by atoms with van der Waals surface area (Å²) in [6.07, 6.45) is 68.9. The molecule has 0 N–H and O–H groups in total. The van der Waals surface area contributed by atoms with Gasteiger partial charge in [-0.1, -0.05) is 220 Å². The van der Waals surface area contributed by atoms with Gasteiger partial charge >= 0.3 is 11.9 Å². The molecule has 0 radical (unpaired) electrons. The van der Waals surface area contributed by atoms with E-state index in [0.717, 1.165) is 77.0 Å². The summed E-state index contributed by atoms with van der Waals surface area (Å²) in [7, 11) is 5.89. The molecule has 9 heteroatoms. The first-order valence-corrected chi connectivity index (χ1v) is 28.0. The Kier molecular flexibility index (Phi) is 49.3. The molecule has 0 aromatic rings. The Morgan fingerprint density at radius 3 is 1.18 bits per heavy atom. The van der Waals surface area contributed by atoms with Crippen molar-refractivity contribution in [3.8, 4) is 0 Å². The van der Waals surface area contributed by atoms with E-state index in [0.29, 0.717) is 23.9 Å². The third kappa shape index (κ3) is 53.6. The monoisotopic (exact) mass is 990 g/mol. The number of allylic oxidation sites excluding steroid dienone is 18. The van der Waals surface area contributed by atoms with Gasteiger partial charge in [-0.05, 0) is 83.5 Å². The van der Waals surface area contributed by atoms with Gasteiger partial charge in [0.25, 0.3) is 0 Å². The first-order valence-electron chi connectivity index (χ1n) is 28.0. The second-order valence-electron chi connectivity index (χ2n) is 19.5. The largest absolute Gasteiger partial charge is 0.545 e. The molecule has 0 heterocycles. The molecule has 0 fully saturated rings. The minimum atomic E-state index is -1.64. The van der Waals surface area contributed by atoms with Crippen LogP contribution in [0.3, 0.4) is 0 Å². The molecular weight excluding hydrogens is 887 g/mol. The van der Waals surface area contributed by atoms with E-state index in [-0.39, 0.29) is 32.7 Å². The number of aliphatic carboxylic acids is 1. The third-order valence-electron chi connectivity index (χ3n) is 11.5. The number of hydrogen-bond donors (Lipinski definition) is 0. The molecule has 0 aliphatic rings. The van der Waals surface area contributed by atoms with E-state index in [2.05, 4.69) is 111 Å². The fourth-order valence-corrected chi connectivity index (χ4v) is 7.28. The van der Waals surface area contributed by atoms with E-state index in [1.54, 1.807) is 0 Å². The lowest BCUT2D eigenvalue weighted by molar-refractivity contribution is -0.870. The molecule has 0 saturated heterocycles. The average molecular weight is 991 g/mol. The van der Waals surface area contributed by atoms with Gasteiger partial charge in [0.2, 0.25) is 0 Å². The van der Waals surface area contributed by atoms with Crippen LogP contribution in [-0.4, -0.2) is 82.3 Å². The summed E-state index contributed by atoms with van der Waals surface area (Å²) < 4.78 is 22.5. The summed E-state index contributed by atoms with van der Waals surface area (Å²) in [5.41, 5.74) is 0. The van der Waals surface area contributed by atoms with Gasteiger partial charge < -0.3 is 33.3 Å². The molecule has 0 spiro atoms. The van der Waals surface area contributed by atoms with Gasteiger partial charge in [-0.3, -0.25) is 9.59 Å². The summed E-state index contributed by atoms with van der Waals surface area (Å²) >= 11 is 0. The minimum Gasteiger partial charge on any atom is -0.545 e. The fraction of sp³-hybridized carbons (Fsp3) is 0.661. The van der Waals surface area contributed by atoms with Gasteiger partial charge in [0.15, 0.2) is 12.4 Å². The van der Waals surface area contributed by atoms with Crippen LogP contribution >= 0.6 is 0 Å². The number of rotatable bonds is 50. The second kappa shape index (κ2) is 52.3. The molecule has 0 amide bonds. The highest BCUT2D eigenvalue weighted by Gasteiger charge is 2.21. The van der Waals surface area contributed by atoms with Crippen LogP contribution in [0.4, 0.5) is 0 Å². The number of ether oxygens (including phenoxy) is 4. The molecule has 404 valence electrons. The number of carboxylic acid groups (broad SMARTS) is 1. The topological polar surface area (TPSA) is 111 Å². The highest BCUT2D eigenvalue weighted by Crippen LogP contribution is 2.16. The number of nitrogens with zero attached hydrogens (tertiary/aromatic N) is 1. The first-order chi connectivity index (χ1) is 34.6. The van der Waals surface area contributed by atoms with Crippen molar-refractivity contribution in [2.75, 3.05) is 47.5 Å². The van der Waals surface area contributed by atoms with Gasteiger partial charge in [-0.2, -0.15) is 0 Å². The number of quaternary nitrogens is 1. The summed E-state index contributed by atoms with van der Waals surface area (Å²) in [4.78, 5) is 37.1. The first kappa shape index (κ1) is 67.0. The van der Waals surface area contributed by atoms with Crippen LogP contribution in [0.25, 0.3) is 0 Å². The van der Waals surface area contributed by atoms with Gasteiger partial charge in [0, 0.05) is 12.8 Å².